The van der Waals surface area contributed by atoms with Crippen LogP contribution in [0, 0.1) is 5.92 Å². The number of anilines is 1. The van der Waals surface area contributed by atoms with E-state index in [1.165, 1.54) is 0 Å². The highest BCUT2D eigenvalue weighted by atomic mass is 32.2. The van der Waals surface area contributed by atoms with Crippen LogP contribution < -0.4 is 10.5 Å². The molecule has 7 nitrogen and oxygen atoms in total. The molecule has 3 aromatic heterocycles. The molecule has 0 aromatic carbocycles. The molecule has 1 saturated heterocycles. The standard InChI is InChI=1S/C18H18N6OS/c25-16-6-13-10-26-5-3-15(13)22-24(16)9-12-7-23(8-12)18-14-2-1-4-19-17(14)20-11-21-18/h1-2,4,6,11-12H,3,5,7-10H2. The van der Waals surface area contributed by atoms with Gasteiger partial charge in [-0.15, -0.1) is 0 Å². The summed E-state index contributed by atoms with van der Waals surface area (Å²) in [5, 5.41) is 5.59. The predicted octanol–water partition coefficient (Wildman–Crippen LogP) is 1.51. The average Bonchev–Trinajstić information content (AvgIpc) is 2.64. The van der Waals surface area contributed by atoms with Crippen LogP contribution in [0.3, 0.4) is 0 Å². The van der Waals surface area contributed by atoms with Crippen molar-refractivity contribution in [3.63, 3.8) is 0 Å². The van der Waals surface area contributed by atoms with E-state index in [1.807, 2.05) is 23.9 Å². The zero-order valence-corrected chi connectivity index (χ0v) is 15.0. The van der Waals surface area contributed by atoms with E-state index in [1.54, 1.807) is 23.3 Å². The Morgan fingerprint density at radius 1 is 1.23 bits per heavy atom. The van der Waals surface area contributed by atoms with Gasteiger partial charge in [-0.05, 0) is 23.4 Å². The van der Waals surface area contributed by atoms with E-state index in [0.717, 1.165) is 53.5 Å². The first-order valence-electron chi connectivity index (χ1n) is 8.76. The molecule has 0 unspecified atom stereocenters. The van der Waals surface area contributed by atoms with Crippen LogP contribution >= 0.6 is 11.8 Å². The van der Waals surface area contributed by atoms with Crippen LogP contribution in [0.4, 0.5) is 5.82 Å². The predicted molar refractivity (Wildman–Crippen MR) is 101 cm³/mol. The average molecular weight is 366 g/mol. The van der Waals surface area contributed by atoms with Gasteiger partial charge in [0.05, 0.1) is 17.6 Å². The molecule has 0 saturated carbocycles. The van der Waals surface area contributed by atoms with Gasteiger partial charge in [-0.25, -0.2) is 19.6 Å². The maximum absolute atomic E-state index is 12.3. The molecule has 26 heavy (non-hydrogen) atoms. The molecule has 0 bridgehead atoms. The number of hydrogen-bond acceptors (Lipinski definition) is 7. The minimum absolute atomic E-state index is 0.0152. The lowest BCUT2D eigenvalue weighted by Gasteiger charge is -2.40. The summed E-state index contributed by atoms with van der Waals surface area (Å²) >= 11 is 1.87. The SMILES string of the molecule is O=c1cc2c(nn1CC1CN(c3ncnc4ncccc34)C1)CCSC2. The molecule has 0 radical (unpaired) electrons. The molecular formula is C18H18N6OS. The van der Waals surface area contributed by atoms with Gasteiger partial charge in [0.1, 0.15) is 12.1 Å². The van der Waals surface area contributed by atoms with Crippen molar-refractivity contribution >= 4 is 28.6 Å². The van der Waals surface area contributed by atoms with Crippen molar-refractivity contribution in [1.29, 1.82) is 0 Å². The fourth-order valence-electron chi connectivity index (χ4n) is 3.62. The number of nitrogens with zero attached hydrogens (tertiary/aromatic N) is 6. The number of aryl methyl sites for hydroxylation is 1. The third-order valence-electron chi connectivity index (χ3n) is 4.98. The molecule has 132 valence electrons. The van der Waals surface area contributed by atoms with Crippen LogP contribution in [-0.2, 0) is 18.7 Å². The fourth-order valence-corrected chi connectivity index (χ4v) is 4.57. The topological polar surface area (TPSA) is 76.8 Å². The summed E-state index contributed by atoms with van der Waals surface area (Å²) in [6.45, 7) is 2.39. The molecule has 8 heteroatoms. The Hall–Kier alpha value is -2.48. The first-order valence-corrected chi connectivity index (χ1v) is 9.92. The number of pyridine rings is 1. The van der Waals surface area contributed by atoms with E-state index < -0.39 is 0 Å². The van der Waals surface area contributed by atoms with Crippen LogP contribution in [0.2, 0.25) is 0 Å². The Labute approximate surface area is 154 Å². The van der Waals surface area contributed by atoms with Crippen LogP contribution in [0.25, 0.3) is 11.0 Å². The van der Waals surface area contributed by atoms with Crippen molar-refractivity contribution in [3.8, 4) is 0 Å². The molecule has 1 fully saturated rings. The van der Waals surface area contributed by atoms with Gasteiger partial charge < -0.3 is 4.90 Å². The summed E-state index contributed by atoms with van der Waals surface area (Å²) in [6.07, 6.45) is 4.26. The van der Waals surface area contributed by atoms with E-state index in [0.29, 0.717) is 18.1 Å². The normalized spacial score (nSPS) is 17.2. The fraction of sp³-hybridized carbons (Fsp3) is 0.389. The van der Waals surface area contributed by atoms with E-state index in [2.05, 4.69) is 25.0 Å². The van der Waals surface area contributed by atoms with Crippen molar-refractivity contribution < 1.29 is 0 Å². The second-order valence-electron chi connectivity index (χ2n) is 6.78. The van der Waals surface area contributed by atoms with Crippen molar-refractivity contribution in [2.24, 2.45) is 5.92 Å². The van der Waals surface area contributed by atoms with Gasteiger partial charge in [0.25, 0.3) is 5.56 Å². The quantitative estimate of drug-likeness (QED) is 0.695. The van der Waals surface area contributed by atoms with Crippen molar-refractivity contribution in [2.45, 2.75) is 18.7 Å². The number of aromatic nitrogens is 5. The third kappa shape index (κ3) is 2.74. The zero-order valence-electron chi connectivity index (χ0n) is 14.2. The van der Waals surface area contributed by atoms with Gasteiger partial charge in [0.15, 0.2) is 5.65 Å². The van der Waals surface area contributed by atoms with E-state index >= 15 is 0 Å². The maximum Gasteiger partial charge on any atom is 0.267 e. The monoisotopic (exact) mass is 366 g/mol. The second kappa shape index (κ2) is 6.35. The Balaban J connectivity index is 1.32. The third-order valence-corrected chi connectivity index (χ3v) is 5.99. The number of hydrogen-bond donors (Lipinski definition) is 0. The molecular weight excluding hydrogens is 348 g/mol. The summed E-state index contributed by atoms with van der Waals surface area (Å²) < 4.78 is 1.65. The molecule has 3 aromatic rings. The first kappa shape index (κ1) is 15.7. The van der Waals surface area contributed by atoms with Crippen molar-refractivity contribution in [1.82, 2.24) is 24.7 Å². The van der Waals surface area contributed by atoms with Gasteiger partial charge in [-0.3, -0.25) is 4.79 Å². The highest BCUT2D eigenvalue weighted by molar-refractivity contribution is 7.98. The number of rotatable bonds is 3. The van der Waals surface area contributed by atoms with Crippen LogP contribution in [0.5, 0.6) is 0 Å². The van der Waals surface area contributed by atoms with Gasteiger partial charge in [0.2, 0.25) is 0 Å². The van der Waals surface area contributed by atoms with Crippen LogP contribution in [0.15, 0.2) is 35.5 Å². The highest BCUT2D eigenvalue weighted by Crippen LogP contribution is 2.28. The lowest BCUT2D eigenvalue weighted by molar-refractivity contribution is 0.331. The van der Waals surface area contributed by atoms with Gasteiger partial charge in [-0.2, -0.15) is 16.9 Å². The lowest BCUT2D eigenvalue weighted by Crippen LogP contribution is -2.50. The van der Waals surface area contributed by atoms with E-state index in [-0.39, 0.29) is 5.56 Å². The van der Waals surface area contributed by atoms with Crippen LogP contribution in [0.1, 0.15) is 11.3 Å². The van der Waals surface area contributed by atoms with Crippen molar-refractivity contribution in [2.75, 3.05) is 23.7 Å². The molecule has 0 atom stereocenters. The number of fused-ring (bicyclic) bond motifs is 2. The Kier molecular flexibility index (Phi) is 3.85. The zero-order chi connectivity index (χ0) is 17.5. The summed E-state index contributed by atoms with van der Waals surface area (Å²) in [7, 11) is 0. The molecule has 0 spiro atoms. The first-order chi connectivity index (χ1) is 12.8. The Morgan fingerprint density at radius 2 is 2.15 bits per heavy atom. The second-order valence-corrected chi connectivity index (χ2v) is 7.89. The maximum atomic E-state index is 12.3. The lowest BCUT2D eigenvalue weighted by atomic mass is 10.00. The molecule has 0 amide bonds. The summed E-state index contributed by atoms with van der Waals surface area (Å²) in [5.41, 5.74) is 2.93. The molecule has 5 rings (SSSR count). The van der Waals surface area contributed by atoms with Crippen LogP contribution in [-0.4, -0.2) is 43.6 Å². The minimum atomic E-state index is 0.0152. The Morgan fingerprint density at radius 3 is 3.08 bits per heavy atom. The minimum Gasteiger partial charge on any atom is -0.355 e. The summed E-state index contributed by atoms with van der Waals surface area (Å²) in [4.78, 5) is 27.5. The smallest absolute Gasteiger partial charge is 0.267 e. The van der Waals surface area contributed by atoms with Gasteiger partial charge in [-0.1, -0.05) is 0 Å². The van der Waals surface area contributed by atoms with E-state index in [9.17, 15) is 4.79 Å². The highest BCUT2D eigenvalue weighted by Gasteiger charge is 2.30. The Bertz CT molecular complexity index is 1020. The number of thioether (sulfide) groups is 1. The molecule has 5 heterocycles. The summed E-state index contributed by atoms with van der Waals surface area (Å²) in [6, 6.07) is 5.68. The largest absolute Gasteiger partial charge is 0.355 e. The molecule has 2 aliphatic heterocycles. The molecule has 0 aliphatic carbocycles. The van der Waals surface area contributed by atoms with E-state index in [4.69, 9.17) is 0 Å². The summed E-state index contributed by atoms with van der Waals surface area (Å²) in [5.74, 6) is 3.31. The molecule has 2 aliphatic rings. The van der Waals surface area contributed by atoms with Gasteiger partial charge in [0, 0.05) is 43.4 Å². The molecule has 0 N–H and O–H groups in total. The van der Waals surface area contributed by atoms with Crippen molar-refractivity contribution in [3.05, 3.63) is 52.3 Å². The van der Waals surface area contributed by atoms with Gasteiger partial charge >= 0.3 is 0 Å².